The van der Waals surface area contributed by atoms with E-state index in [0.29, 0.717) is 6.04 Å². The molecular weight excluding hydrogens is 194 g/mol. The number of nitrogens with one attached hydrogen (secondary N) is 1. The van der Waals surface area contributed by atoms with E-state index < -0.39 is 0 Å². The minimum atomic E-state index is 0.381. The van der Waals surface area contributed by atoms with Crippen LogP contribution in [0.25, 0.3) is 0 Å². The van der Waals surface area contributed by atoms with E-state index in [1.54, 1.807) is 17.6 Å². The van der Waals surface area contributed by atoms with Gasteiger partial charge in [0.15, 0.2) is 0 Å². The summed E-state index contributed by atoms with van der Waals surface area (Å²) in [5.41, 5.74) is 1.33. The fourth-order valence-electron chi connectivity index (χ4n) is 1.31. The molecular formula is C11H13NOS. The molecule has 2 aromatic rings. The van der Waals surface area contributed by atoms with E-state index in [0.717, 1.165) is 12.3 Å². The van der Waals surface area contributed by atoms with Crippen molar-refractivity contribution in [3.63, 3.8) is 0 Å². The molecule has 0 aliphatic heterocycles. The molecule has 0 spiro atoms. The standard InChI is InChI=1S/C11H13NOS/c1-9(10-4-6-14-8-10)12-7-11-3-2-5-13-11/h2-6,8-9,12H,7H2,1H3. The largest absolute Gasteiger partial charge is 0.468 e. The first-order valence-corrected chi connectivity index (χ1v) is 5.58. The summed E-state index contributed by atoms with van der Waals surface area (Å²) in [6.07, 6.45) is 1.70. The van der Waals surface area contributed by atoms with Crippen molar-refractivity contribution in [2.75, 3.05) is 0 Å². The summed E-state index contributed by atoms with van der Waals surface area (Å²) in [5.74, 6) is 0.979. The normalized spacial score (nSPS) is 12.9. The molecule has 0 amide bonds. The highest BCUT2D eigenvalue weighted by molar-refractivity contribution is 7.07. The summed E-state index contributed by atoms with van der Waals surface area (Å²) in [4.78, 5) is 0. The molecule has 1 N–H and O–H groups in total. The Labute approximate surface area is 87.6 Å². The van der Waals surface area contributed by atoms with Gasteiger partial charge >= 0.3 is 0 Å². The Balaban J connectivity index is 1.87. The van der Waals surface area contributed by atoms with Crippen molar-refractivity contribution in [3.8, 4) is 0 Å². The first-order chi connectivity index (χ1) is 6.86. The van der Waals surface area contributed by atoms with Crippen LogP contribution in [0.4, 0.5) is 0 Å². The van der Waals surface area contributed by atoms with E-state index in [2.05, 4.69) is 29.1 Å². The van der Waals surface area contributed by atoms with Gasteiger partial charge in [0.1, 0.15) is 5.76 Å². The molecule has 2 nitrogen and oxygen atoms in total. The quantitative estimate of drug-likeness (QED) is 0.833. The van der Waals surface area contributed by atoms with Gasteiger partial charge in [0.25, 0.3) is 0 Å². The predicted octanol–water partition coefficient (Wildman–Crippen LogP) is 3.19. The van der Waals surface area contributed by atoms with Crippen molar-refractivity contribution in [2.24, 2.45) is 0 Å². The van der Waals surface area contributed by atoms with Gasteiger partial charge in [-0.05, 0) is 41.4 Å². The molecule has 1 atom stereocenters. The van der Waals surface area contributed by atoms with Crippen LogP contribution < -0.4 is 5.32 Å². The van der Waals surface area contributed by atoms with Crippen LogP contribution in [-0.4, -0.2) is 0 Å². The summed E-state index contributed by atoms with van der Waals surface area (Å²) in [7, 11) is 0. The van der Waals surface area contributed by atoms with E-state index >= 15 is 0 Å². The molecule has 0 radical (unpaired) electrons. The van der Waals surface area contributed by atoms with Crippen LogP contribution in [0.2, 0.25) is 0 Å². The van der Waals surface area contributed by atoms with Crippen LogP contribution in [0, 0.1) is 0 Å². The molecule has 3 heteroatoms. The van der Waals surface area contributed by atoms with E-state index in [9.17, 15) is 0 Å². The fraction of sp³-hybridized carbons (Fsp3) is 0.273. The second kappa shape index (κ2) is 4.44. The maximum absolute atomic E-state index is 5.24. The third-order valence-electron chi connectivity index (χ3n) is 2.21. The maximum Gasteiger partial charge on any atom is 0.117 e. The Morgan fingerprint density at radius 1 is 1.50 bits per heavy atom. The van der Waals surface area contributed by atoms with Gasteiger partial charge in [0, 0.05) is 6.04 Å². The summed E-state index contributed by atoms with van der Waals surface area (Å²) in [5, 5.41) is 7.66. The van der Waals surface area contributed by atoms with E-state index in [1.165, 1.54) is 5.56 Å². The Kier molecular flexibility index (Phi) is 3.01. The number of furan rings is 1. The Morgan fingerprint density at radius 3 is 3.07 bits per heavy atom. The monoisotopic (exact) mass is 207 g/mol. The molecule has 0 fully saturated rings. The van der Waals surface area contributed by atoms with Crippen LogP contribution in [0.5, 0.6) is 0 Å². The summed E-state index contributed by atoms with van der Waals surface area (Å²) in [6.45, 7) is 2.94. The van der Waals surface area contributed by atoms with Gasteiger partial charge in [-0.25, -0.2) is 0 Å². The van der Waals surface area contributed by atoms with E-state index in [-0.39, 0.29) is 0 Å². The summed E-state index contributed by atoms with van der Waals surface area (Å²) in [6, 6.07) is 6.41. The first-order valence-electron chi connectivity index (χ1n) is 4.64. The SMILES string of the molecule is CC(NCc1ccco1)c1ccsc1. The molecule has 74 valence electrons. The third kappa shape index (κ3) is 2.25. The molecule has 2 rings (SSSR count). The van der Waals surface area contributed by atoms with Crippen LogP contribution in [0.3, 0.4) is 0 Å². The molecule has 0 aliphatic rings. The predicted molar refractivity (Wildman–Crippen MR) is 58.3 cm³/mol. The molecule has 0 aromatic carbocycles. The van der Waals surface area contributed by atoms with Gasteiger partial charge in [0.05, 0.1) is 12.8 Å². The van der Waals surface area contributed by atoms with E-state index in [1.807, 2.05) is 12.1 Å². The lowest BCUT2D eigenvalue weighted by Gasteiger charge is -2.10. The van der Waals surface area contributed by atoms with E-state index in [4.69, 9.17) is 4.42 Å². The van der Waals surface area contributed by atoms with Gasteiger partial charge in [-0.2, -0.15) is 11.3 Å². The zero-order chi connectivity index (χ0) is 9.80. The van der Waals surface area contributed by atoms with Gasteiger partial charge in [-0.15, -0.1) is 0 Å². The molecule has 2 aromatic heterocycles. The highest BCUT2D eigenvalue weighted by atomic mass is 32.1. The van der Waals surface area contributed by atoms with Crippen LogP contribution in [0.15, 0.2) is 39.6 Å². The number of thiophene rings is 1. The number of hydrogen-bond acceptors (Lipinski definition) is 3. The zero-order valence-electron chi connectivity index (χ0n) is 8.07. The topological polar surface area (TPSA) is 25.2 Å². The van der Waals surface area contributed by atoms with Crippen LogP contribution in [-0.2, 0) is 6.54 Å². The third-order valence-corrected chi connectivity index (χ3v) is 2.91. The van der Waals surface area contributed by atoms with Crippen LogP contribution >= 0.6 is 11.3 Å². The first kappa shape index (κ1) is 9.49. The lowest BCUT2D eigenvalue weighted by atomic mass is 10.2. The molecule has 0 saturated carbocycles. The van der Waals surface area contributed by atoms with Crippen molar-refractivity contribution in [1.82, 2.24) is 5.32 Å². The van der Waals surface area contributed by atoms with Gasteiger partial charge in [-0.1, -0.05) is 0 Å². The summed E-state index contributed by atoms with van der Waals surface area (Å²) >= 11 is 1.73. The molecule has 1 unspecified atom stereocenters. The molecule has 0 saturated heterocycles. The van der Waals surface area contributed by atoms with Crippen molar-refractivity contribution >= 4 is 11.3 Å². The minimum absolute atomic E-state index is 0.381. The van der Waals surface area contributed by atoms with Gasteiger partial charge in [-0.3, -0.25) is 0 Å². The molecule has 0 bridgehead atoms. The number of hydrogen-bond donors (Lipinski definition) is 1. The average molecular weight is 207 g/mol. The second-order valence-electron chi connectivity index (χ2n) is 3.24. The number of rotatable bonds is 4. The molecule has 14 heavy (non-hydrogen) atoms. The minimum Gasteiger partial charge on any atom is -0.468 e. The van der Waals surface area contributed by atoms with Crippen molar-refractivity contribution in [2.45, 2.75) is 19.5 Å². The highest BCUT2D eigenvalue weighted by Crippen LogP contribution is 2.16. The second-order valence-corrected chi connectivity index (χ2v) is 4.02. The van der Waals surface area contributed by atoms with Crippen molar-refractivity contribution < 1.29 is 4.42 Å². The van der Waals surface area contributed by atoms with Gasteiger partial charge in [0.2, 0.25) is 0 Å². The van der Waals surface area contributed by atoms with Crippen molar-refractivity contribution in [1.29, 1.82) is 0 Å². The Morgan fingerprint density at radius 2 is 2.43 bits per heavy atom. The van der Waals surface area contributed by atoms with Gasteiger partial charge < -0.3 is 9.73 Å². The highest BCUT2D eigenvalue weighted by Gasteiger charge is 2.05. The molecule has 2 heterocycles. The summed E-state index contributed by atoms with van der Waals surface area (Å²) < 4.78 is 5.24. The van der Waals surface area contributed by atoms with Crippen molar-refractivity contribution in [3.05, 3.63) is 46.5 Å². The lowest BCUT2D eigenvalue weighted by molar-refractivity contribution is 0.461. The fourth-order valence-corrected chi connectivity index (χ4v) is 2.06. The lowest BCUT2D eigenvalue weighted by Crippen LogP contribution is -2.17. The Bertz CT molecular complexity index is 353. The maximum atomic E-state index is 5.24. The Hall–Kier alpha value is -1.06. The smallest absolute Gasteiger partial charge is 0.117 e. The van der Waals surface area contributed by atoms with Crippen LogP contribution in [0.1, 0.15) is 24.3 Å². The zero-order valence-corrected chi connectivity index (χ0v) is 8.88. The molecule has 0 aliphatic carbocycles. The average Bonchev–Trinajstić information content (AvgIpc) is 2.87.